The third kappa shape index (κ3) is 3.07. The molecule has 3 N–H and O–H groups in total. The van der Waals surface area contributed by atoms with E-state index in [1.54, 1.807) is 0 Å². The van der Waals surface area contributed by atoms with Crippen molar-refractivity contribution in [1.29, 1.82) is 0 Å². The lowest BCUT2D eigenvalue weighted by Gasteiger charge is -2.15. The van der Waals surface area contributed by atoms with E-state index in [2.05, 4.69) is 15.6 Å². The van der Waals surface area contributed by atoms with Crippen molar-refractivity contribution < 1.29 is 9.59 Å². The van der Waals surface area contributed by atoms with Crippen LogP contribution in [0.2, 0.25) is 0 Å². The van der Waals surface area contributed by atoms with Gasteiger partial charge in [0.2, 0.25) is 11.8 Å². The molecule has 1 aliphatic rings. The quantitative estimate of drug-likeness (QED) is 0.793. The van der Waals surface area contributed by atoms with Crippen LogP contribution in [0, 0.1) is 6.92 Å². The Morgan fingerprint density at radius 1 is 1.29 bits per heavy atom. The van der Waals surface area contributed by atoms with Crippen LogP contribution in [-0.4, -0.2) is 22.8 Å². The topological polar surface area (TPSA) is 74.0 Å². The van der Waals surface area contributed by atoms with Crippen LogP contribution >= 0.6 is 0 Å². The molecule has 5 heteroatoms. The van der Waals surface area contributed by atoms with Crippen molar-refractivity contribution in [2.45, 2.75) is 38.6 Å². The molecule has 0 radical (unpaired) electrons. The Morgan fingerprint density at radius 2 is 2.14 bits per heavy atom. The summed E-state index contributed by atoms with van der Waals surface area (Å²) < 4.78 is 0. The van der Waals surface area contributed by atoms with Gasteiger partial charge in [-0.05, 0) is 44.0 Å². The second-order valence-corrected chi connectivity index (χ2v) is 5.61. The van der Waals surface area contributed by atoms with Gasteiger partial charge in [0, 0.05) is 28.7 Å². The number of carbonyl (C=O) groups is 2. The highest BCUT2D eigenvalue weighted by Crippen LogP contribution is 2.20. The highest BCUT2D eigenvalue weighted by Gasteiger charge is 2.23. The number of anilines is 1. The Hall–Kier alpha value is -2.30. The average Bonchev–Trinajstić information content (AvgIpc) is 2.66. The summed E-state index contributed by atoms with van der Waals surface area (Å²) in [4.78, 5) is 27.1. The summed E-state index contributed by atoms with van der Waals surface area (Å²) in [6, 6.07) is 7.37. The number of carbonyl (C=O) groups excluding carboxylic acids is 2. The smallest absolute Gasteiger partial charge is 0.246 e. The monoisotopic (exact) mass is 285 g/mol. The molecule has 1 aromatic heterocycles. The Kier molecular flexibility index (Phi) is 3.64. The van der Waals surface area contributed by atoms with Gasteiger partial charge in [-0.3, -0.25) is 9.59 Å². The van der Waals surface area contributed by atoms with E-state index in [-0.39, 0.29) is 11.8 Å². The van der Waals surface area contributed by atoms with Crippen molar-refractivity contribution in [3.8, 4) is 0 Å². The maximum atomic E-state index is 12.3. The van der Waals surface area contributed by atoms with E-state index in [9.17, 15) is 9.59 Å². The molecule has 21 heavy (non-hydrogen) atoms. The first-order valence-electron chi connectivity index (χ1n) is 7.31. The lowest BCUT2D eigenvalue weighted by Crippen LogP contribution is -2.42. The second kappa shape index (κ2) is 5.60. The fourth-order valence-corrected chi connectivity index (χ4v) is 2.75. The van der Waals surface area contributed by atoms with Gasteiger partial charge in [0.1, 0.15) is 6.04 Å². The minimum absolute atomic E-state index is 0.0376. The third-order valence-corrected chi connectivity index (χ3v) is 3.82. The molecule has 0 bridgehead atoms. The minimum Gasteiger partial charge on any atom is -0.359 e. The molecule has 1 fully saturated rings. The molecule has 1 aromatic carbocycles. The number of hydrogen-bond acceptors (Lipinski definition) is 2. The maximum absolute atomic E-state index is 12.3. The van der Waals surface area contributed by atoms with Crippen LogP contribution in [0.4, 0.5) is 5.69 Å². The van der Waals surface area contributed by atoms with E-state index in [4.69, 9.17) is 0 Å². The van der Waals surface area contributed by atoms with E-state index in [0.717, 1.165) is 35.1 Å². The van der Waals surface area contributed by atoms with E-state index < -0.39 is 6.04 Å². The van der Waals surface area contributed by atoms with Gasteiger partial charge in [0.05, 0.1) is 0 Å². The highest BCUT2D eigenvalue weighted by molar-refractivity contribution is 5.98. The molecule has 1 saturated heterocycles. The van der Waals surface area contributed by atoms with E-state index in [1.807, 2.05) is 31.2 Å². The fraction of sp³-hybridized carbons (Fsp3) is 0.375. The maximum Gasteiger partial charge on any atom is 0.246 e. The SMILES string of the molecule is Cc1cc2cc(NC(=O)C3CCCCC(=O)N3)ccc2[nH]1. The van der Waals surface area contributed by atoms with Crippen molar-refractivity contribution in [1.82, 2.24) is 10.3 Å². The Balaban J connectivity index is 1.74. The number of benzene rings is 1. The molecule has 1 atom stereocenters. The van der Waals surface area contributed by atoms with Gasteiger partial charge in [-0.1, -0.05) is 6.42 Å². The van der Waals surface area contributed by atoms with Crippen LogP contribution in [0.25, 0.3) is 10.9 Å². The first-order valence-corrected chi connectivity index (χ1v) is 7.31. The predicted octanol–water partition coefficient (Wildman–Crippen LogP) is 2.47. The average molecular weight is 285 g/mol. The normalized spacial score (nSPS) is 19.1. The summed E-state index contributed by atoms with van der Waals surface area (Å²) in [5.41, 5.74) is 2.89. The van der Waals surface area contributed by atoms with Crippen molar-refractivity contribution in [3.05, 3.63) is 30.0 Å². The zero-order chi connectivity index (χ0) is 14.8. The number of aromatic nitrogens is 1. The number of hydrogen-bond donors (Lipinski definition) is 3. The van der Waals surface area contributed by atoms with Crippen molar-refractivity contribution >= 4 is 28.4 Å². The molecule has 3 rings (SSSR count). The van der Waals surface area contributed by atoms with Gasteiger partial charge < -0.3 is 15.6 Å². The van der Waals surface area contributed by atoms with Crippen LogP contribution in [-0.2, 0) is 9.59 Å². The van der Waals surface area contributed by atoms with Crippen LogP contribution < -0.4 is 10.6 Å². The predicted molar refractivity (Wildman–Crippen MR) is 82.1 cm³/mol. The van der Waals surface area contributed by atoms with Gasteiger partial charge in [-0.2, -0.15) is 0 Å². The molecule has 0 saturated carbocycles. The van der Waals surface area contributed by atoms with E-state index >= 15 is 0 Å². The van der Waals surface area contributed by atoms with Crippen molar-refractivity contribution in [2.75, 3.05) is 5.32 Å². The second-order valence-electron chi connectivity index (χ2n) is 5.61. The summed E-state index contributed by atoms with van der Waals surface area (Å²) in [6.07, 6.45) is 2.96. The summed E-state index contributed by atoms with van der Waals surface area (Å²) in [6.45, 7) is 2.00. The number of nitrogens with one attached hydrogen (secondary N) is 3. The lowest BCUT2D eigenvalue weighted by atomic mass is 10.1. The summed E-state index contributed by atoms with van der Waals surface area (Å²) in [7, 11) is 0. The molecule has 110 valence electrons. The zero-order valence-corrected chi connectivity index (χ0v) is 12.0. The standard InChI is InChI=1S/C16H19N3O2/c1-10-8-11-9-12(6-7-13(11)17-10)18-16(21)14-4-2-3-5-15(20)19-14/h6-9,14,17H,2-5H2,1H3,(H,18,21)(H,19,20). The minimum atomic E-state index is -0.427. The van der Waals surface area contributed by atoms with Crippen LogP contribution in [0.5, 0.6) is 0 Å². The molecule has 1 unspecified atom stereocenters. The largest absolute Gasteiger partial charge is 0.359 e. The molecule has 0 aliphatic carbocycles. The third-order valence-electron chi connectivity index (χ3n) is 3.82. The number of H-pyrrole nitrogens is 1. The van der Waals surface area contributed by atoms with E-state index in [0.29, 0.717) is 12.8 Å². The summed E-state index contributed by atoms with van der Waals surface area (Å²) in [5.74, 6) is -0.179. The first-order chi connectivity index (χ1) is 10.1. The molecule has 0 spiro atoms. The number of amides is 2. The van der Waals surface area contributed by atoms with Gasteiger partial charge in [0.15, 0.2) is 0 Å². The van der Waals surface area contributed by atoms with Gasteiger partial charge in [-0.15, -0.1) is 0 Å². The van der Waals surface area contributed by atoms with Gasteiger partial charge >= 0.3 is 0 Å². The van der Waals surface area contributed by atoms with Gasteiger partial charge in [-0.25, -0.2) is 0 Å². The molecule has 2 amide bonds. The van der Waals surface area contributed by atoms with Crippen LogP contribution in [0.1, 0.15) is 31.4 Å². The number of aryl methyl sites for hydroxylation is 1. The fourth-order valence-electron chi connectivity index (χ4n) is 2.75. The molecule has 2 aromatic rings. The number of aromatic amines is 1. The van der Waals surface area contributed by atoms with Crippen LogP contribution in [0.3, 0.4) is 0 Å². The molecular formula is C16H19N3O2. The van der Waals surface area contributed by atoms with Crippen molar-refractivity contribution in [3.63, 3.8) is 0 Å². The van der Waals surface area contributed by atoms with Crippen molar-refractivity contribution in [2.24, 2.45) is 0 Å². The molecular weight excluding hydrogens is 266 g/mol. The number of rotatable bonds is 2. The molecule has 1 aliphatic heterocycles. The summed E-state index contributed by atoms with van der Waals surface area (Å²) in [5, 5.41) is 6.74. The van der Waals surface area contributed by atoms with Gasteiger partial charge in [0.25, 0.3) is 0 Å². The molecule has 2 heterocycles. The Labute approximate surface area is 123 Å². The van der Waals surface area contributed by atoms with Crippen LogP contribution in [0.15, 0.2) is 24.3 Å². The Bertz CT molecular complexity index is 690. The zero-order valence-electron chi connectivity index (χ0n) is 12.0. The lowest BCUT2D eigenvalue weighted by molar-refractivity contribution is -0.125. The first kappa shape index (κ1) is 13.7. The Morgan fingerprint density at radius 3 is 3.00 bits per heavy atom. The van der Waals surface area contributed by atoms with E-state index in [1.165, 1.54) is 0 Å². The summed E-state index contributed by atoms with van der Waals surface area (Å²) >= 11 is 0. The number of fused-ring (bicyclic) bond motifs is 1. The highest BCUT2D eigenvalue weighted by atomic mass is 16.2. The molecule has 5 nitrogen and oxygen atoms in total.